The molecule has 226 valence electrons. The van der Waals surface area contributed by atoms with E-state index in [-0.39, 0.29) is 29.8 Å². The van der Waals surface area contributed by atoms with Crippen LogP contribution in [-0.4, -0.2) is 88.4 Å². The van der Waals surface area contributed by atoms with Gasteiger partial charge in [-0.1, -0.05) is 18.2 Å². The van der Waals surface area contributed by atoms with Crippen molar-refractivity contribution in [2.24, 2.45) is 0 Å². The fourth-order valence-electron chi connectivity index (χ4n) is 5.00. The van der Waals surface area contributed by atoms with Crippen LogP contribution in [0.1, 0.15) is 6.42 Å². The van der Waals surface area contributed by atoms with Crippen LogP contribution in [0, 0.1) is 0 Å². The number of fused-ring (bicyclic) bond motifs is 1. The number of nitrogens with zero attached hydrogens (tertiary/aromatic N) is 5. The number of methoxy groups -OCH3 is 2. The minimum atomic E-state index is -2.80. The lowest BCUT2D eigenvalue weighted by atomic mass is 10.2. The largest absolute Gasteiger partial charge is 0.755 e. The zero-order chi connectivity index (χ0) is 30.5. The lowest BCUT2D eigenvalue weighted by Gasteiger charge is -2.27. The highest BCUT2D eigenvalue weighted by molar-refractivity contribution is 7.81. The molecule has 1 fully saturated rings. The van der Waals surface area contributed by atoms with Crippen LogP contribution in [0.15, 0.2) is 66.7 Å². The molecular formula is C30H34N7O5S-. The summed E-state index contributed by atoms with van der Waals surface area (Å²) in [5.41, 5.74) is 2.36. The maximum Gasteiger partial charge on any atom is 0.238 e. The molecule has 5 rings (SSSR count). The fourth-order valence-corrected chi connectivity index (χ4v) is 5.56. The molecule has 2 N–H and O–H groups in total. The average molecular weight is 605 g/mol. The Kier molecular flexibility index (Phi) is 9.36. The van der Waals surface area contributed by atoms with Gasteiger partial charge in [0.05, 0.1) is 48.8 Å². The van der Waals surface area contributed by atoms with Crippen molar-refractivity contribution in [2.75, 3.05) is 62.9 Å². The summed E-state index contributed by atoms with van der Waals surface area (Å²) in [7, 11) is 7.17. The summed E-state index contributed by atoms with van der Waals surface area (Å²) in [5.74, 6) is 1.14. The van der Waals surface area contributed by atoms with Gasteiger partial charge in [-0.2, -0.15) is 0 Å². The number of likely N-dealkylation sites (tertiary alicyclic amines) is 1. The molecule has 0 aliphatic carbocycles. The smallest absolute Gasteiger partial charge is 0.238 e. The molecule has 1 amide bonds. The predicted molar refractivity (Wildman–Crippen MR) is 167 cm³/mol. The van der Waals surface area contributed by atoms with E-state index < -0.39 is 11.3 Å². The summed E-state index contributed by atoms with van der Waals surface area (Å²) in [6.45, 7) is 1.91. The number of aromatic nitrogens is 2. The molecule has 0 bridgehead atoms. The molecule has 2 unspecified atom stereocenters. The van der Waals surface area contributed by atoms with Gasteiger partial charge in [-0.3, -0.25) is 18.2 Å². The van der Waals surface area contributed by atoms with Gasteiger partial charge < -0.3 is 29.6 Å². The summed E-state index contributed by atoms with van der Waals surface area (Å²) in [5, 5.41) is 6.10. The van der Waals surface area contributed by atoms with E-state index >= 15 is 0 Å². The third-order valence-electron chi connectivity index (χ3n) is 7.22. The van der Waals surface area contributed by atoms with Gasteiger partial charge in [0.25, 0.3) is 0 Å². The molecule has 3 aromatic carbocycles. The number of carbonyl (C=O) groups is 1. The number of carbonyl (C=O) groups excluding carboxylic acids is 1. The third kappa shape index (κ3) is 7.20. The summed E-state index contributed by atoms with van der Waals surface area (Å²) >= 11 is -2.80. The number of hydrogen-bond acceptors (Lipinski definition) is 10. The fraction of sp³-hybridized carbons (Fsp3) is 0.300. The molecular weight excluding hydrogens is 570 g/mol. The third-order valence-corrected chi connectivity index (χ3v) is 7.90. The number of amides is 1. The van der Waals surface area contributed by atoms with Crippen LogP contribution in [-0.2, 0) is 16.1 Å². The second-order valence-corrected chi connectivity index (χ2v) is 11.2. The van der Waals surface area contributed by atoms with Crippen LogP contribution in [0.25, 0.3) is 11.0 Å². The van der Waals surface area contributed by atoms with E-state index in [0.717, 1.165) is 23.8 Å². The first-order chi connectivity index (χ1) is 20.7. The van der Waals surface area contributed by atoms with Gasteiger partial charge in [0.15, 0.2) is 11.6 Å². The van der Waals surface area contributed by atoms with E-state index in [2.05, 4.69) is 25.4 Å². The van der Waals surface area contributed by atoms with Crippen LogP contribution < -0.4 is 24.4 Å². The Balaban J connectivity index is 1.46. The van der Waals surface area contributed by atoms with Crippen molar-refractivity contribution in [2.45, 2.75) is 12.5 Å². The lowest BCUT2D eigenvalue weighted by molar-refractivity contribution is -0.117. The van der Waals surface area contributed by atoms with Crippen molar-refractivity contribution in [1.29, 1.82) is 0 Å². The Morgan fingerprint density at radius 2 is 1.70 bits per heavy atom. The molecule has 0 spiro atoms. The van der Waals surface area contributed by atoms with Gasteiger partial charge in [-0.05, 0) is 50.8 Å². The topological polar surface area (TPSA) is 135 Å². The molecule has 2 atom stereocenters. The second kappa shape index (κ2) is 13.3. The highest BCUT2D eigenvalue weighted by Gasteiger charge is 2.25. The van der Waals surface area contributed by atoms with E-state index in [9.17, 15) is 13.6 Å². The Morgan fingerprint density at radius 1 is 1.00 bits per heavy atom. The minimum absolute atomic E-state index is 0.0455. The van der Waals surface area contributed by atoms with Crippen molar-refractivity contribution in [3.63, 3.8) is 0 Å². The van der Waals surface area contributed by atoms with Crippen LogP contribution in [0.3, 0.4) is 0 Å². The van der Waals surface area contributed by atoms with Crippen molar-refractivity contribution in [1.82, 2.24) is 19.8 Å². The van der Waals surface area contributed by atoms with E-state index in [1.54, 1.807) is 74.9 Å². The molecule has 43 heavy (non-hydrogen) atoms. The Labute approximate surface area is 253 Å². The van der Waals surface area contributed by atoms with Gasteiger partial charge in [0.1, 0.15) is 11.5 Å². The normalized spacial score (nSPS) is 15.8. The number of nitrogens with one attached hydrogen (secondary N) is 2. The first-order valence-corrected chi connectivity index (χ1v) is 14.7. The summed E-state index contributed by atoms with van der Waals surface area (Å²) in [6.07, 6.45) is 1.01. The van der Waals surface area contributed by atoms with E-state index in [1.807, 2.05) is 20.2 Å². The molecule has 2 heterocycles. The quantitative estimate of drug-likeness (QED) is 0.243. The molecule has 4 aromatic rings. The molecule has 1 aliphatic rings. The molecule has 1 saturated heterocycles. The molecule has 1 aliphatic heterocycles. The van der Waals surface area contributed by atoms with Gasteiger partial charge in [0.2, 0.25) is 5.91 Å². The average Bonchev–Trinajstić information content (AvgIpc) is 3.46. The van der Waals surface area contributed by atoms with E-state index in [0.29, 0.717) is 39.9 Å². The first kappa shape index (κ1) is 30.2. The van der Waals surface area contributed by atoms with Gasteiger partial charge in [-0.15, -0.1) is 0 Å². The van der Waals surface area contributed by atoms with Crippen molar-refractivity contribution in [3.8, 4) is 11.5 Å². The number of ether oxygens (including phenoxy) is 2. The van der Waals surface area contributed by atoms with Crippen molar-refractivity contribution < 1.29 is 23.0 Å². The van der Waals surface area contributed by atoms with E-state index in [1.165, 1.54) is 0 Å². The Hall–Kier alpha value is -4.30. The monoisotopic (exact) mass is 604 g/mol. The number of rotatable bonds is 11. The van der Waals surface area contributed by atoms with Crippen LogP contribution in [0.2, 0.25) is 0 Å². The number of likely N-dealkylation sites (N-methyl/N-ethyl adjacent to an activating group) is 1. The second-order valence-electron chi connectivity index (χ2n) is 10.4. The van der Waals surface area contributed by atoms with Gasteiger partial charge in [-0.25, -0.2) is 9.97 Å². The molecule has 1 aromatic heterocycles. The zero-order valence-electron chi connectivity index (χ0n) is 24.4. The minimum Gasteiger partial charge on any atom is -0.755 e. The predicted octanol–water partition coefficient (Wildman–Crippen LogP) is 3.90. The molecule has 0 saturated carbocycles. The number of anilines is 5. The maximum absolute atomic E-state index is 12.9. The van der Waals surface area contributed by atoms with Crippen molar-refractivity contribution >= 4 is 56.9 Å². The number of hydrogen-bond donors (Lipinski definition) is 2. The van der Waals surface area contributed by atoms with Crippen molar-refractivity contribution in [3.05, 3.63) is 66.7 Å². The highest BCUT2D eigenvalue weighted by Crippen LogP contribution is 2.36. The van der Waals surface area contributed by atoms with Crippen LogP contribution in [0.5, 0.6) is 11.5 Å². The van der Waals surface area contributed by atoms with Crippen LogP contribution in [0.4, 0.5) is 28.7 Å². The summed E-state index contributed by atoms with van der Waals surface area (Å²) in [6, 6.07) is 19.4. The molecule has 13 heteroatoms. The number of benzene rings is 3. The highest BCUT2D eigenvalue weighted by atomic mass is 32.2. The standard InChI is InChI=1S/C30H35N7O5S/c1-35(2)23-12-13-36(18-23)19-28(38)31-20-8-7-9-22(14-20)37(43(39)40)30-29(33-26-10-5-6-11-27(26)34-30)32-21-15-24(41-3)17-25(16-21)42-4/h5-11,14-17,23H,12-13,18-19H2,1-4H3,(H,31,38)(H,32,33)(H,39,40)/p-1. The molecule has 12 nitrogen and oxygen atoms in total. The van der Waals surface area contributed by atoms with Gasteiger partial charge >= 0.3 is 0 Å². The van der Waals surface area contributed by atoms with Gasteiger partial charge in [0, 0.05) is 48.7 Å². The van der Waals surface area contributed by atoms with Crippen LogP contribution >= 0.6 is 0 Å². The Morgan fingerprint density at radius 3 is 2.33 bits per heavy atom. The Bertz CT molecular complexity index is 1610. The first-order valence-electron chi connectivity index (χ1n) is 13.7. The molecule has 0 radical (unpaired) electrons. The SMILES string of the molecule is COc1cc(Nc2nc3ccccc3nc2N(c2cccc(NC(=O)CN3CCC(N(C)C)C3)c2)S(=O)[O-])cc(OC)c1. The maximum atomic E-state index is 12.9. The summed E-state index contributed by atoms with van der Waals surface area (Å²) in [4.78, 5) is 26.6. The summed E-state index contributed by atoms with van der Waals surface area (Å²) < 4.78 is 37.4. The lowest BCUT2D eigenvalue weighted by Crippen LogP contribution is -2.35. The van der Waals surface area contributed by atoms with E-state index in [4.69, 9.17) is 14.5 Å². The zero-order valence-corrected chi connectivity index (χ0v) is 25.3. The number of para-hydroxylation sites is 2.